The largest absolute Gasteiger partial charge is 0.339 e. The van der Waals surface area contributed by atoms with E-state index < -0.39 is 0 Å². The van der Waals surface area contributed by atoms with Gasteiger partial charge in [0.2, 0.25) is 5.95 Å². The van der Waals surface area contributed by atoms with Gasteiger partial charge in [-0.15, -0.1) is 11.3 Å². The lowest BCUT2D eigenvalue weighted by Gasteiger charge is -2.33. The topological polar surface area (TPSA) is 53.9 Å². The maximum absolute atomic E-state index is 4.33. The molecule has 0 bridgehead atoms. The number of nitrogens with zero attached hydrogens (tertiary/aromatic N) is 4. The molecule has 2 aromatic rings. The van der Waals surface area contributed by atoms with Crippen LogP contribution in [-0.4, -0.2) is 34.1 Å². The maximum Gasteiger partial charge on any atom is 0.225 e. The first kappa shape index (κ1) is 12.5. The van der Waals surface area contributed by atoms with Crippen molar-refractivity contribution >= 4 is 17.3 Å². The summed E-state index contributed by atoms with van der Waals surface area (Å²) in [6.07, 6.45) is 7.92. The van der Waals surface area contributed by atoms with Crippen molar-refractivity contribution in [1.82, 2.24) is 20.3 Å². The molecule has 5 nitrogen and oxygen atoms in total. The van der Waals surface area contributed by atoms with Crippen molar-refractivity contribution in [2.24, 2.45) is 0 Å². The third kappa shape index (κ3) is 3.27. The lowest BCUT2D eigenvalue weighted by molar-refractivity contribution is 0.419. The monoisotopic (exact) mass is 275 g/mol. The Morgan fingerprint density at radius 2 is 2.26 bits per heavy atom. The summed E-state index contributed by atoms with van der Waals surface area (Å²) in [7, 11) is 0. The fourth-order valence-corrected chi connectivity index (χ4v) is 2.90. The zero-order chi connectivity index (χ0) is 12.9. The van der Waals surface area contributed by atoms with E-state index >= 15 is 0 Å². The first-order valence-corrected chi connectivity index (χ1v) is 7.42. The van der Waals surface area contributed by atoms with Crippen LogP contribution in [0.5, 0.6) is 0 Å². The van der Waals surface area contributed by atoms with Crippen molar-refractivity contribution in [2.75, 3.05) is 18.0 Å². The molecule has 6 heteroatoms. The Morgan fingerprint density at radius 3 is 3.05 bits per heavy atom. The van der Waals surface area contributed by atoms with Crippen molar-refractivity contribution in [3.63, 3.8) is 0 Å². The van der Waals surface area contributed by atoms with Gasteiger partial charge in [0, 0.05) is 49.1 Å². The van der Waals surface area contributed by atoms with Gasteiger partial charge in [-0.05, 0) is 18.9 Å². The predicted octanol–water partition coefficient (Wildman–Crippen LogP) is 1.69. The molecule has 0 radical (unpaired) electrons. The minimum Gasteiger partial charge on any atom is -0.339 e. The fraction of sp³-hybridized carbons (Fsp3) is 0.462. The summed E-state index contributed by atoms with van der Waals surface area (Å²) in [4.78, 5) is 16.3. The first-order chi connectivity index (χ1) is 9.42. The smallest absolute Gasteiger partial charge is 0.225 e. The lowest BCUT2D eigenvalue weighted by Crippen LogP contribution is -2.46. The molecule has 1 atom stereocenters. The van der Waals surface area contributed by atoms with Crippen LogP contribution in [0.2, 0.25) is 0 Å². The molecule has 3 heterocycles. The zero-order valence-corrected chi connectivity index (χ0v) is 11.5. The van der Waals surface area contributed by atoms with Crippen molar-refractivity contribution < 1.29 is 0 Å². The third-order valence-corrected chi connectivity index (χ3v) is 4.08. The summed E-state index contributed by atoms with van der Waals surface area (Å²) in [5, 5.41) is 3.60. The molecule has 0 saturated carbocycles. The van der Waals surface area contributed by atoms with E-state index in [1.165, 1.54) is 17.7 Å². The van der Waals surface area contributed by atoms with E-state index in [1.54, 1.807) is 23.7 Å². The molecule has 1 fully saturated rings. The van der Waals surface area contributed by atoms with Crippen LogP contribution in [0.1, 0.15) is 17.7 Å². The Labute approximate surface area is 116 Å². The number of thiazole rings is 1. The SMILES string of the molecule is c1cnc(N2CCCC(NCc3cncs3)C2)nc1. The van der Waals surface area contributed by atoms with Gasteiger partial charge in [-0.25, -0.2) is 9.97 Å². The average molecular weight is 275 g/mol. The van der Waals surface area contributed by atoms with E-state index in [4.69, 9.17) is 0 Å². The van der Waals surface area contributed by atoms with Crippen LogP contribution >= 0.6 is 11.3 Å². The highest BCUT2D eigenvalue weighted by Crippen LogP contribution is 2.16. The number of hydrogen-bond donors (Lipinski definition) is 1. The van der Waals surface area contributed by atoms with Crippen LogP contribution in [0.15, 0.2) is 30.2 Å². The molecule has 0 aromatic carbocycles. The van der Waals surface area contributed by atoms with E-state index in [9.17, 15) is 0 Å². The second kappa shape index (κ2) is 6.08. The van der Waals surface area contributed by atoms with Gasteiger partial charge >= 0.3 is 0 Å². The standard InChI is InChI=1S/C13H17N5S/c1-3-11(17-8-12-7-14-10-19-12)9-18(6-1)13-15-4-2-5-16-13/h2,4-5,7,10-11,17H,1,3,6,8-9H2. The minimum absolute atomic E-state index is 0.500. The molecule has 19 heavy (non-hydrogen) atoms. The van der Waals surface area contributed by atoms with E-state index in [2.05, 4.69) is 25.2 Å². The van der Waals surface area contributed by atoms with Crippen LogP contribution in [0.4, 0.5) is 5.95 Å². The molecule has 1 saturated heterocycles. The van der Waals surface area contributed by atoms with E-state index in [0.717, 1.165) is 25.6 Å². The highest BCUT2D eigenvalue weighted by Gasteiger charge is 2.21. The number of hydrogen-bond acceptors (Lipinski definition) is 6. The van der Waals surface area contributed by atoms with Gasteiger partial charge in [0.15, 0.2) is 0 Å². The first-order valence-electron chi connectivity index (χ1n) is 6.54. The predicted molar refractivity (Wildman–Crippen MR) is 76.2 cm³/mol. The Bertz CT molecular complexity index is 487. The molecule has 3 rings (SSSR count). The molecule has 0 amide bonds. The Kier molecular flexibility index (Phi) is 4.00. The van der Waals surface area contributed by atoms with Gasteiger partial charge in [0.1, 0.15) is 0 Å². The molecule has 100 valence electrons. The van der Waals surface area contributed by atoms with Crippen molar-refractivity contribution in [3.8, 4) is 0 Å². The normalized spacial score (nSPS) is 19.6. The van der Waals surface area contributed by atoms with Gasteiger partial charge in [-0.1, -0.05) is 0 Å². The molecule has 1 aliphatic rings. The van der Waals surface area contributed by atoms with Gasteiger partial charge in [0.05, 0.1) is 5.51 Å². The molecular formula is C13H17N5S. The van der Waals surface area contributed by atoms with Crippen LogP contribution in [0.3, 0.4) is 0 Å². The van der Waals surface area contributed by atoms with Gasteiger partial charge in [-0.2, -0.15) is 0 Å². The van der Waals surface area contributed by atoms with Crippen molar-refractivity contribution in [2.45, 2.75) is 25.4 Å². The van der Waals surface area contributed by atoms with Gasteiger partial charge in [0.25, 0.3) is 0 Å². The average Bonchev–Trinajstić information content (AvgIpc) is 3.00. The second-order valence-corrected chi connectivity index (χ2v) is 5.65. The Morgan fingerprint density at radius 1 is 1.37 bits per heavy atom. The summed E-state index contributed by atoms with van der Waals surface area (Å²) in [5.74, 6) is 0.840. The molecule has 0 spiro atoms. The van der Waals surface area contributed by atoms with Crippen molar-refractivity contribution in [1.29, 1.82) is 0 Å². The highest BCUT2D eigenvalue weighted by atomic mass is 32.1. The van der Waals surface area contributed by atoms with Crippen LogP contribution in [-0.2, 0) is 6.54 Å². The van der Waals surface area contributed by atoms with Gasteiger partial charge < -0.3 is 10.2 Å². The molecule has 1 unspecified atom stereocenters. The van der Waals surface area contributed by atoms with Crippen LogP contribution < -0.4 is 10.2 Å². The minimum atomic E-state index is 0.500. The number of aromatic nitrogens is 3. The summed E-state index contributed by atoms with van der Waals surface area (Å²) < 4.78 is 0. The van der Waals surface area contributed by atoms with Gasteiger partial charge in [-0.3, -0.25) is 4.98 Å². The molecule has 1 aliphatic heterocycles. The lowest BCUT2D eigenvalue weighted by atomic mass is 10.1. The number of rotatable bonds is 4. The Balaban J connectivity index is 1.56. The van der Waals surface area contributed by atoms with E-state index in [0.29, 0.717) is 6.04 Å². The molecule has 1 N–H and O–H groups in total. The third-order valence-electron chi connectivity index (χ3n) is 3.30. The second-order valence-electron chi connectivity index (χ2n) is 4.68. The Hall–Kier alpha value is -1.53. The fourth-order valence-electron chi connectivity index (χ4n) is 2.35. The summed E-state index contributed by atoms with van der Waals surface area (Å²) >= 11 is 1.70. The number of piperidine rings is 1. The summed E-state index contributed by atoms with van der Waals surface area (Å²) in [6, 6.07) is 2.35. The van der Waals surface area contributed by atoms with Crippen molar-refractivity contribution in [3.05, 3.63) is 35.0 Å². The summed E-state index contributed by atoms with van der Waals surface area (Å²) in [5.41, 5.74) is 1.88. The summed E-state index contributed by atoms with van der Waals surface area (Å²) in [6.45, 7) is 2.92. The highest BCUT2D eigenvalue weighted by molar-refractivity contribution is 7.09. The quantitative estimate of drug-likeness (QED) is 0.920. The van der Waals surface area contributed by atoms with Crippen LogP contribution in [0.25, 0.3) is 0 Å². The maximum atomic E-state index is 4.33. The molecule has 0 aliphatic carbocycles. The molecule has 2 aromatic heterocycles. The van der Waals surface area contributed by atoms with Crippen LogP contribution in [0, 0.1) is 0 Å². The number of anilines is 1. The van der Waals surface area contributed by atoms with E-state index in [-0.39, 0.29) is 0 Å². The zero-order valence-electron chi connectivity index (χ0n) is 10.7. The van der Waals surface area contributed by atoms with E-state index in [1.807, 2.05) is 17.8 Å². The number of nitrogens with one attached hydrogen (secondary N) is 1. The molecular weight excluding hydrogens is 258 g/mol.